The maximum absolute atomic E-state index is 13.1. The monoisotopic (exact) mass is 422 g/mol. The molecule has 1 fully saturated rings. The van der Waals surface area contributed by atoms with Crippen molar-refractivity contribution < 1.29 is 9.53 Å². The Labute approximate surface area is 180 Å². The number of hydrogen-bond donors (Lipinski definition) is 0. The Balaban J connectivity index is 1.50. The number of amides is 1. The zero-order chi connectivity index (χ0) is 20.9. The second-order valence-electron chi connectivity index (χ2n) is 7.53. The van der Waals surface area contributed by atoms with Crippen LogP contribution in [0.3, 0.4) is 0 Å². The van der Waals surface area contributed by atoms with E-state index in [1.165, 1.54) is 11.8 Å². The Morgan fingerprint density at radius 1 is 1.20 bits per heavy atom. The third-order valence-corrected chi connectivity index (χ3v) is 5.66. The molecule has 1 saturated heterocycles. The van der Waals surface area contributed by atoms with E-state index in [0.29, 0.717) is 36.2 Å². The van der Waals surface area contributed by atoms with E-state index in [2.05, 4.69) is 27.3 Å². The highest BCUT2D eigenvalue weighted by molar-refractivity contribution is 6.30. The van der Waals surface area contributed by atoms with Crippen LogP contribution in [0.1, 0.15) is 34.0 Å². The number of ether oxygens (including phenoxy) is 1. The van der Waals surface area contributed by atoms with Crippen LogP contribution in [0, 0.1) is 12.8 Å². The lowest BCUT2D eigenvalue weighted by Gasteiger charge is -2.38. The first-order valence-electron chi connectivity index (χ1n) is 9.98. The minimum Gasteiger partial charge on any atom is -0.477 e. The average Bonchev–Trinajstić information content (AvgIpc) is 2.79. The van der Waals surface area contributed by atoms with E-state index >= 15 is 0 Å². The summed E-state index contributed by atoms with van der Waals surface area (Å²) in [5.41, 5.74) is 2.52. The van der Waals surface area contributed by atoms with Gasteiger partial charge in [-0.3, -0.25) is 4.79 Å². The fourth-order valence-corrected chi connectivity index (χ4v) is 3.99. The Morgan fingerprint density at radius 2 is 2.03 bits per heavy atom. The molecule has 0 spiro atoms. The first-order chi connectivity index (χ1) is 14.6. The molecule has 4 rings (SSSR count). The van der Waals surface area contributed by atoms with Gasteiger partial charge in [-0.05, 0) is 31.0 Å². The molecule has 2 aromatic heterocycles. The molecule has 0 aliphatic carbocycles. The number of aromatic nitrogens is 3. The van der Waals surface area contributed by atoms with Crippen LogP contribution in [0.15, 0.2) is 60.9 Å². The van der Waals surface area contributed by atoms with Gasteiger partial charge >= 0.3 is 0 Å². The molecule has 1 aliphatic rings. The molecule has 3 aromatic rings. The number of carbonyl (C=O) groups excluding carboxylic acids is 1. The molecule has 0 radical (unpaired) electrons. The Bertz CT molecular complexity index is 998. The minimum atomic E-state index is -0.00679. The van der Waals surface area contributed by atoms with Crippen molar-refractivity contribution in [2.45, 2.75) is 19.3 Å². The number of piperidine rings is 1. The van der Waals surface area contributed by atoms with Gasteiger partial charge in [0.25, 0.3) is 5.91 Å². The molecule has 154 valence electrons. The van der Waals surface area contributed by atoms with E-state index in [0.717, 1.165) is 12.1 Å². The van der Waals surface area contributed by atoms with Gasteiger partial charge < -0.3 is 9.64 Å². The maximum Gasteiger partial charge on any atom is 0.255 e. The highest BCUT2D eigenvalue weighted by Gasteiger charge is 2.33. The molecule has 6 nitrogen and oxygen atoms in total. The van der Waals surface area contributed by atoms with Gasteiger partial charge in [0.05, 0.1) is 29.1 Å². The molecule has 7 heteroatoms. The van der Waals surface area contributed by atoms with Crippen molar-refractivity contribution in [2.24, 2.45) is 5.92 Å². The number of nitrogens with zero attached hydrogens (tertiary/aromatic N) is 4. The Kier molecular flexibility index (Phi) is 6.23. The van der Waals surface area contributed by atoms with Crippen LogP contribution in [0.5, 0.6) is 5.88 Å². The quantitative estimate of drug-likeness (QED) is 0.617. The van der Waals surface area contributed by atoms with Crippen molar-refractivity contribution in [2.75, 3.05) is 19.7 Å². The molecule has 1 aliphatic heterocycles. The summed E-state index contributed by atoms with van der Waals surface area (Å²) in [7, 11) is 0. The molecule has 0 saturated carbocycles. The Hall–Kier alpha value is -2.99. The average molecular weight is 423 g/mol. The molecule has 2 atom stereocenters. The number of halogens is 1. The first kappa shape index (κ1) is 20.3. The summed E-state index contributed by atoms with van der Waals surface area (Å²) in [5, 5.41) is 8.46. The van der Waals surface area contributed by atoms with Gasteiger partial charge in [0, 0.05) is 37.2 Å². The van der Waals surface area contributed by atoms with E-state index in [9.17, 15) is 4.79 Å². The molecular formula is C23H23ClN4O2. The predicted molar refractivity (Wildman–Crippen MR) is 115 cm³/mol. The van der Waals surface area contributed by atoms with E-state index in [1.807, 2.05) is 30.0 Å². The smallest absolute Gasteiger partial charge is 0.255 e. The van der Waals surface area contributed by atoms with E-state index < -0.39 is 0 Å². The number of pyridine rings is 1. The third kappa shape index (κ3) is 4.76. The summed E-state index contributed by atoms with van der Waals surface area (Å²) >= 11 is 5.91. The van der Waals surface area contributed by atoms with Gasteiger partial charge in [0.1, 0.15) is 0 Å². The molecule has 0 bridgehead atoms. The topological polar surface area (TPSA) is 68.2 Å². The van der Waals surface area contributed by atoms with Crippen LogP contribution in [0.2, 0.25) is 5.02 Å². The zero-order valence-electron chi connectivity index (χ0n) is 16.7. The SMILES string of the molecule is Cc1cc(C(=O)N2CC[C@H](COc3ccc(Cl)cn3)[C@@H](c3ccccc3)C2)cnn1. The molecular weight excluding hydrogens is 400 g/mol. The van der Waals surface area contributed by atoms with Crippen molar-refractivity contribution >= 4 is 17.5 Å². The number of rotatable bonds is 5. The largest absolute Gasteiger partial charge is 0.477 e. The van der Waals surface area contributed by atoms with Gasteiger partial charge in [-0.25, -0.2) is 4.98 Å². The molecule has 3 heterocycles. The van der Waals surface area contributed by atoms with Crippen molar-refractivity contribution in [3.63, 3.8) is 0 Å². The first-order valence-corrected chi connectivity index (χ1v) is 10.4. The third-order valence-electron chi connectivity index (χ3n) is 5.44. The lowest BCUT2D eigenvalue weighted by Crippen LogP contribution is -2.44. The summed E-state index contributed by atoms with van der Waals surface area (Å²) in [6.07, 6.45) is 3.96. The molecule has 1 amide bonds. The molecule has 30 heavy (non-hydrogen) atoms. The lowest BCUT2D eigenvalue weighted by molar-refractivity contribution is 0.0614. The van der Waals surface area contributed by atoms with Crippen LogP contribution >= 0.6 is 11.6 Å². The number of benzene rings is 1. The van der Waals surface area contributed by atoms with Crippen LogP contribution < -0.4 is 4.74 Å². The fraction of sp³-hybridized carbons (Fsp3) is 0.304. The van der Waals surface area contributed by atoms with E-state index in [1.54, 1.807) is 24.4 Å². The number of carbonyl (C=O) groups is 1. The summed E-state index contributed by atoms with van der Waals surface area (Å²) < 4.78 is 5.96. The van der Waals surface area contributed by atoms with Crippen LogP contribution in [-0.4, -0.2) is 45.7 Å². The van der Waals surface area contributed by atoms with Crippen LogP contribution in [-0.2, 0) is 0 Å². The second-order valence-corrected chi connectivity index (χ2v) is 7.96. The van der Waals surface area contributed by atoms with Gasteiger partial charge in [0.2, 0.25) is 5.88 Å². The second kappa shape index (κ2) is 9.22. The molecule has 1 aromatic carbocycles. The van der Waals surface area contributed by atoms with E-state index in [-0.39, 0.29) is 17.7 Å². The minimum absolute atomic E-state index is 0.00679. The number of likely N-dealkylation sites (tertiary alicyclic amines) is 1. The summed E-state index contributed by atoms with van der Waals surface area (Å²) in [4.78, 5) is 19.2. The van der Waals surface area contributed by atoms with Gasteiger partial charge in [0.15, 0.2) is 0 Å². The zero-order valence-corrected chi connectivity index (χ0v) is 17.5. The standard InChI is InChI=1S/C23H23ClN4O2/c1-16-11-19(12-26-27-16)23(29)28-10-9-18(15-30-22-8-7-20(24)13-25-22)21(14-28)17-5-3-2-4-6-17/h2-8,11-13,18,21H,9-10,14-15H2,1H3/t18-,21-/m1/s1. The van der Waals surface area contributed by atoms with Gasteiger partial charge in [-0.15, -0.1) is 0 Å². The maximum atomic E-state index is 13.1. The van der Waals surface area contributed by atoms with Crippen LogP contribution in [0.25, 0.3) is 0 Å². The van der Waals surface area contributed by atoms with E-state index in [4.69, 9.17) is 16.3 Å². The van der Waals surface area contributed by atoms with Gasteiger partial charge in [-0.1, -0.05) is 41.9 Å². The van der Waals surface area contributed by atoms with Crippen molar-refractivity contribution in [3.05, 3.63) is 82.8 Å². The van der Waals surface area contributed by atoms with Gasteiger partial charge in [-0.2, -0.15) is 10.2 Å². The van der Waals surface area contributed by atoms with Crippen molar-refractivity contribution in [1.29, 1.82) is 0 Å². The lowest BCUT2D eigenvalue weighted by atomic mass is 9.81. The predicted octanol–water partition coefficient (Wildman–Crippen LogP) is 4.16. The summed E-state index contributed by atoms with van der Waals surface area (Å²) in [6, 6.07) is 15.6. The Morgan fingerprint density at radius 3 is 2.77 bits per heavy atom. The summed E-state index contributed by atoms with van der Waals surface area (Å²) in [5.74, 6) is 0.994. The van der Waals surface area contributed by atoms with Crippen molar-refractivity contribution in [3.8, 4) is 5.88 Å². The van der Waals surface area contributed by atoms with Crippen LogP contribution in [0.4, 0.5) is 0 Å². The number of aryl methyl sites for hydroxylation is 1. The van der Waals surface area contributed by atoms with Crippen molar-refractivity contribution in [1.82, 2.24) is 20.1 Å². The fourth-order valence-electron chi connectivity index (χ4n) is 3.88. The highest BCUT2D eigenvalue weighted by atomic mass is 35.5. The normalized spacial score (nSPS) is 18.8. The molecule has 0 N–H and O–H groups in total. The highest BCUT2D eigenvalue weighted by Crippen LogP contribution is 2.33. The number of hydrogen-bond acceptors (Lipinski definition) is 5. The molecule has 0 unspecified atom stereocenters. The summed E-state index contributed by atoms with van der Waals surface area (Å²) in [6.45, 7) is 3.68.